The Bertz CT molecular complexity index is 1180. The van der Waals surface area contributed by atoms with Gasteiger partial charge in [-0.1, -0.05) is 0 Å². The first-order valence-corrected chi connectivity index (χ1v) is 10.7. The maximum absolute atomic E-state index is 12.2. The normalized spacial score (nSPS) is 14.0. The number of fused-ring (bicyclic) bond motifs is 1. The van der Waals surface area contributed by atoms with Gasteiger partial charge in [-0.3, -0.25) is 19.5 Å². The summed E-state index contributed by atoms with van der Waals surface area (Å²) >= 11 is 0. The molecule has 1 N–H and O–H groups in total. The summed E-state index contributed by atoms with van der Waals surface area (Å²) in [5.74, 6) is -0.167. The number of nitro benzene ring substituents is 1. The molecule has 10 nitrogen and oxygen atoms in total. The first-order chi connectivity index (χ1) is 15.5. The van der Waals surface area contributed by atoms with E-state index < -0.39 is 10.7 Å². The fourth-order valence-corrected chi connectivity index (χ4v) is 3.87. The average Bonchev–Trinajstić information content (AvgIpc) is 3.39. The molecule has 4 rings (SSSR count). The van der Waals surface area contributed by atoms with Crippen molar-refractivity contribution in [1.82, 2.24) is 14.9 Å². The number of carbonyl (C=O) groups is 1. The number of pyridine rings is 1. The summed E-state index contributed by atoms with van der Waals surface area (Å²) < 4.78 is 12.4. The van der Waals surface area contributed by atoms with E-state index in [-0.39, 0.29) is 36.2 Å². The third kappa shape index (κ3) is 5.13. The Kier molecular flexibility index (Phi) is 6.48. The fraction of sp³-hybridized carbons (Fsp3) is 0.409. The minimum Gasteiger partial charge on any atom is -0.474 e. The van der Waals surface area contributed by atoms with Crippen LogP contribution in [0, 0.1) is 10.1 Å². The monoisotopic (exact) mass is 440 g/mol. The molecule has 168 valence electrons. The molecular weight excluding hydrogens is 416 g/mol. The van der Waals surface area contributed by atoms with Crippen LogP contribution in [-0.4, -0.2) is 26.5 Å². The molecule has 1 fully saturated rings. The summed E-state index contributed by atoms with van der Waals surface area (Å²) in [6.45, 7) is 0.631. The van der Waals surface area contributed by atoms with Gasteiger partial charge in [-0.25, -0.2) is 9.78 Å². The lowest BCUT2D eigenvalue weighted by Crippen LogP contribution is -2.23. The molecule has 0 aliphatic heterocycles. The van der Waals surface area contributed by atoms with Crippen LogP contribution >= 0.6 is 0 Å². The summed E-state index contributed by atoms with van der Waals surface area (Å²) in [6.07, 6.45) is 7.00. The number of non-ortho nitro benzene ring substituents is 1. The molecule has 0 atom stereocenters. The van der Waals surface area contributed by atoms with Crippen LogP contribution < -0.4 is 15.8 Å². The Labute approximate surface area is 183 Å². The highest BCUT2D eigenvalue weighted by molar-refractivity contribution is 5.76. The summed E-state index contributed by atoms with van der Waals surface area (Å²) in [6, 6.07) is 7.69. The zero-order valence-electron chi connectivity index (χ0n) is 17.5. The van der Waals surface area contributed by atoms with Gasteiger partial charge in [0, 0.05) is 37.8 Å². The summed E-state index contributed by atoms with van der Waals surface area (Å²) in [5, 5.41) is 13.7. The van der Waals surface area contributed by atoms with Crippen molar-refractivity contribution in [3.05, 3.63) is 62.8 Å². The Hall–Kier alpha value is -3.69. The van der Waals surface area contributed by atoms with Crippen LogP contribution in [0.2, 0.25) is 0 Å². The number of hydrogen-bond acceptors (Lipinski definition) is 7. The van der Waals surface area contributed by atoms with Gasteiger partial charge in [-0.2, -0.15) is 0 Å². The molecule has 1 aromatic carbocycles. The highest BCUT2D eigenvalue weighted by atomic mass is 16.6. The number of aryl methyl sites for hydroxylation is 1. The van der Waals surface area contributed by atoms with Crippen molar-refractivity contribution >= 4 is 22.7 Å². The van der Waals surface area contributed by atoms with Crippen LogP contribution in [0.25, 0.3) is 11.1 Å². The van der Waals surface area contributed by atoms with E-state index in [4.69, 9.17) is 9.15 Å². The predicted octanol–water partition coefficient (Wildman–Crippen LogP) is 3.32. The van der Waals surface area contributed by atoms with E-state index in [1.165, 1.54) is 35.6 Å². The molecule has 2 aromatic heterocycles. The van der Waals surface area contributed by atoms with Crippen molar-refractivity contribution in [2.75, 3.05) is 0 Å². The van der Waals surface area contributed by atoms with Gasteiger partial charge in [0.2, 0.25) is 11.8 Å². The molecule has 0 saturated heterocycles. The zero-order chi connectivity index (χ0) is 22.5. The van der Waals surface area contributed by atoms with Crippen molar-refractivity contribution in [3.63, 3.8) is 0 Å². The Morgan fingerprint density at radius 2 is 2.09 bits per heavy atom. The number of hydrogen-bond donors (Lipinski definition) is 1. The molecule has 1 aliphatic rings. The SMILES string of the molecule is O=C(CCCn1c(=O)oc2cc([N+](=O)[O-])ccc21)NCc1ccnc(OC2CCCC2)c1. The molecule has 0 radical (unpaired) electrons. The third-order valence-corrected chi connectivity index (χ3v) is 5.53. The number of amides is 1. The summed E-state index contributed by atoms with van der Waals surface area (Å²) in [5.41, 5.74) is 1.38. The van der Waals surface area contributed by atoms with Gasteiger partial charge in [-0.15, -0.1) is 0 Å². The number of rotatable bonds is 9. The molecule has 10 heteroatoms. The van der Waals surface area contributed by atoms with E-state index in [9.17, 15) is 19.7 Å². The fourth-order valence-electron chi connectivity index (χ4n) is 3.87. The highest BCUT2D eigenvalue weighted by Gasteiger charge is 2.17. The first-order valence-electron chi connectivity index (χ1n) is 10.7. The molecule has 0 unspecified atom stereocenters. The second-order valence-electron chi connectivity index (χ2n) is 7.84. The van der Waals surface area contributed by atoms with Gasteiger partial charge < -0.3 is 14.5 Å². The van der Waals surface area contributed by atoms with Gasteiger partial charge in [0.1, 0.15) is 6.10 Å². The lowest BCUT2D eigenvalue weighted by Gasteiger charge is -2.13. The number of nitro groups is 1. The number of ether oxygens (including phenoxy) is 1. The maximum atomic E-state index is 12.2. The lowest BCUT2D eigenvalue weighted by molar-refractivity contribution is -0.384. The molecule has 1 aliphatic carbocycles. The molecular formula is C22H24N4O6. The van der Waals surface area contributed by atoms with Crippen LogP contribution in [0.5, 0.6) is 5.88 Å². The molecule has 2 heterocycles. The summed E-state index contributed by atoms with van der Waals surface area (Å²) in [4.78, 5) is 38.9. The van der Waals surface area contributed by atoms with E-state index in [1.807, 2.05) is 12.1 Å². The third-order valence-electron chi connectivity index (χ3n) is 5.53. The lowest BCUT2D eigenvalue weighted by atomic mass is 10.2. The quantitative estimate of drug-likeness (QED) is 0.399. The highest BCUT2D eigenvalue weighted by Crippen LogP contribution is 2.23. The summed E-state index contributed by atoms with van der Waals surface area (Å²) in [7, 11) is 0. The Morgan fingerprint density at radius 1 is 1.28 bits per heavy atom. The van der Waals surface area contributed by atoms with E-state index >= 15 is 0 Å². The van der Waals surface area contributed by atoms with Crippen molar-refractivity contribution in [2.24, 2.45) is 0 Å². The molecule has 1 amide bonds. The van der Waals surface area contributed by atoms with E-state index in [0.717, 1.165) is 18.4 Å². The van der Waals surface area contributed by atoms with Gasteiger partial charge >= 0.3 is 5.76 Å². The van der Waals surface area contributed by atoms with Crippen LogP contribution in [0.15, 0.2) is 45.7 Å². The van der Waals surface area contributed by atoms with E-state index in [2.05, 4.69) is 10.3 Å². The second kappa shape index (κ2) is 9.63. The largest absolute Gasteiger partial charge is 0.474 e. The number of nitrogens with zero attached hydrogens (tertiary/aromatic N) is 3. The van der Waals surface area contributed by atoms with Gasteiger partial charge in [-0.05, 0) is 49.8 Å². The van der Waals surface area contributed by atoms with Gasteiger partial charge in [0.05, 0.1) is 16.5 Å². The minimum absolute atomic E-state index is 0.142. The maximum Gasteiger partial charge on any atom is 0.419 e. The van der Waals surface area contributed by atoms with Gasteiger partial charge in [0.25, 0.3) is 5.69 Å². The van der Waals surface area contributed by atoms with Crippen LogP contribution in [0.1, 0.15) is 44.1 Å². The Morgan fingerprint density at radius 3 is 2.88 bits per heavy atom. The van der Waals surface area contributed by atoms with Crippen molar-refractivity contribution < 1.29 is 18.9 Å². The number of benzene rings is 1. The number of carbonyl (C=O) groups excluding carboxylic acids is 1. The molecule has 0 spiro atoms. The molecule has 0 bridgehead atoms. The van der Waals surface area contributed by atoms with Crippen molar-refractivity contribution in [2.45, 2.75) is 57.7 Å². The Balaban J connectivity index is 1.27. The first kappa shape index (κ1) is 21.5. The van der Waals surface area contributed by atoms with E-state index in [1.54, 1.807) is 6.20 Å². The van der Waals surface area contributed by atoms with Crippen LogP contribution in [0.3, 0.4) is 0 Å². The van der Waals surface area contributed by atoms with Crippen molar-refractivity contribution in [3.8, 4) is 5.88 Å². The van der Waals surface area contributed by atoms with Crippen LogP contribution in [-0.2, 0) is 17.9 Å². The molecule has 32 heavy (non-hydrogen) atoms. The number of nitrogens with one attached hydrogen (secondary N) is 1. The standard InChI is InChI=1S/C22H24N4O6/c27-20(24-14-15-9-10-23-21(12-15)31-17-4-1-2-5-17)6-3-11-25-18-8-7-16(26(29)30)13-19(18)32-22(25)28/h7-10,12-13,17H,1-6,11,14H2,(H,24,27). The number of oxazole rings is 1. The van der Waals surface area contributed by atoms with Crippen molar-refractivity contribution in [1.29, 1.82) is 0 Å². The molecule has 3 aromatic rings. The smallest absolute Gasteiger partial charge is 0.419 e. The predicted molar refractivity (Wildman–Crippen MR) is 115 cm³/mol. The van der Waals surface area contributed by atoms with Gasteiger partial charge in [0.15, 0.2) is 5.58 Å². The second-order valence-corrected chi connectivity index (χ2v) is 7.84. The minimum atomic E-state index is -0.604. The van der Waals surface area contributed by atoms with Crippen LogP contribution in [0.4, 0.5) is 5.69 Å². The topological polar surface area (TPSA) is 130 Å². The zero-order valence-corrected chi connectivity index (χ0v) is 17.5. The average molecular weight is 440 g/mol. The number of aromatic nitrogens is 2. The van der Waals surface area contributed by atoms with E-state index in [0.29, 0.717) is 24.4 Å². The molecule has 1 saturated carbocycles.